The van der Waals surface area contributed by atoms with Gasteiger partial charge in [0, 0.05) is 0 Å². The molecule has 5 nitrogen and oxygen atoms in total. The van der Waals surface area contributed by atoms with Crippen LogP contribution in [0.1, 0.15) is 16.7 Å². The highest BCUT2D eigenvalue weighted by Gasteiger charge is 2.02. The van der Waals surface area contributed by atoms with Crippen molar-refractivity contribution in [2.45, 2.75) is 13.8 Å². The average molecular weight is 298 g/mol. The zero-order valence-electron chi connectivity index (χ0n) is 12.5. The quantitative estimate of drug-likeness (QED) is 0.658. The van der Waals surface area contributed by atoms with E-state index in [1.165, 1.54) is 6.21 Å². The summed E-state index contributed by atoms with van der Waals surface area (Å²) in [6, 6.07) is 12.3. The Balaban J connectivity index is 1.83. The van der Waals surface area contributed by atoms with Gasteiger partial charge in [-0.1, -0.05) is 18.2 Å². The van der Waals surface area contributed by atoms with Gasteiger partial charge in [0.05, 0.1) is 6.21 Å². The van der Waals surface area contributed by atoms with Gasteiger partial charge >= 0.3 is 0 Å². The number of benzene rings is 2. The van der Waals surface area contributed by atoms with Crippen molar-refractivity contribution in [2.24, 2.45) is 5.10 Å². The molecule has 0 saturated carbocycles. The number of rotatable bonds is 5. The Bertz CT molecular complexity index is 676. The summed E-state index contributed by atoms with van der Waals surface area (Å²) in [6.45, 7) is 3.83. The van der Waals surface area contributed by atoms with Crippen LogP contribution >= 0.6 is 0 Å². The third-order valence-corrected chi connectivity index (χ3v) is 2.84. The van der Waals surface area contributed by atoms with Crippen molar-refractivity contribution in [3.63, 3.8) is 0 Å². The number of nitrogens with zero attached hydrogens (tertiary/aromatic N) is 1. The lowest BCUT2D eigenvalue weighted by atomic mass is 10.1. The Morgan fingerprint density at radius 2 is 1.95 bits per heavy atom. The lowest BCUT2D eigenvalue weighted by molar-refractivity contribution is -0.123. The van der Waals surface area contributed by atoms with Crippen LogP contribution in [0.4, 0.5) is 0 Å². The van der Waals surface area contributed by atoms with Gasteiger partial charge in [0.2, 0.25) is 0 Å². The van der Waals surface area contributed by atoms with Gasteiger partial charge in [-0.05, 0) is 54.8 Å². The summed E-state index contributed by atoms with van der Waals surface area (Å²) >= 11 is 0. The van der Waals surface area contributed by atoms with Gasteiger partial charge in [-0.25, -0.2) is 5.43 Å². The molecule has 0 aliphatic carbocycles. The third-order valence-electron chi connectivity index (χ3n) is 2.84. The Labute approximate surface area is 129 Å². The largest absolute Gasteiger partial charge is 0.508 e. The number of phenols is 1. The van der Waals surface area contributed by atoms with Crippen LogP contribution in [0.2, 0.25) is 0 Å². The highest BCUT2D eigenvalue weighted by Crippen LogP contribution is 2.15. The van der Waals surface area contributed by atoms with Crippen molar-refractivity contribution >= 4 is 12.1 Å². The van der Waals surface area contributed by atoms with Gasteiger partial charge in [-0.15, -0.1) is 0 Å². The second-order valence-corrected chi connectivity index (χ2v) is 5.00. The fourth-order valence-electron chi connectivity index (χ4n) is 1.98. The maximum atomic E-state index is 11.6. The first kappa shape index (κ1) is 15.6. The summed E-state index contributed by atoms with van der Waals surface area (Å²) < 4.78 is 5.43. The van der Waals surface area contributed by atoms with Crippen molar-refractivity contribution in [2.75, 3.05) is 6.61 Å². The highest BCUT2D eigenvalue weighted by atomic mass is 16.5. The van der Waals surface area contributed by atoms with Gasteiger partial charge in [0.25, 0.3) is 5.91 Å². The molecule has 5 heteroatoms. The normalized spacial score (nSPS) is 10.6. The molecule has 0 atom stereocenters. The molecule has 2 rings (SSSR count). The second-order valence-electron chi connectivity index (χ2n) is 5.00. The SMILES string of the molecule is Cc1cc(C)cc(OCC(=O)NN=Cc2cccc(O)c2)c1. The van der Waals surface area contributed by atoms with E-state index in [4.69, 9.17) is 4.74 Å². The predicted octanol–water partition coefficient (Wildman–Crippen LogP) is 2.54. The van der Waals surface area contributed by atoms with Gasteiger partial charge < -0.3 is 9.84 Å². The summed E-state index contributed by atoms with van der Waals surface area (Å²) in [5.41, 5.74) is 5.23. The summed E-state index contributed by atoms with van der Waals surface area (Å²) in [5.74, 6) is 0.452. The topological polar surface area (TPSA) is 70.9 Å². The van der Waals surface area contributed by atoms with E-state index >= 15 is 0 Å². The molecular weight excluding hydrogens is 280 g/mol. The molecule has 0 unspecified atom stereocenters. The second kappa shape index (κ2) is 7.26. The lowest BCUT2D eigenvalue weighted by Crippen LogP contribution is -2.24. The van der Waals surface area contributed by atoms with Crippen LogP contribution in [0.5, 0.6) is 11.5 Å². The molecule has 0 aromatic heterocycles. The molecule has 0 radical (unpaired) electrons. The van der Waals surface area contributed by atoms with E-state index < -0.39 is 0 Å². The van der Waals surface area contributed by atoms with Crippen molar-refractivity contribution in [1.29, 1.82) is 0 Å². The number of carbonyl (C=O) groups excluding carboxylic acids is 1. The van der Waals surface area contributed by atoms with Crippen LogP contribution in [0.25, 0.3) is 0 Å². The number of ether oxygens (including phenoxy) is 1. The van der Waals surface area contributed by atoms with Crippen molar-refractivity contribution in [3.8, 4) is 11.5 Å². The Hall–Kier alpha value is -2.82. The third kappa shape index (κ3) is 4.94. The fraction of sp³-hybridized carbons (Fsp3) is 0.176. The summed E-state index contributed by atoms with van der Waals surface area (Å²) in [6.07, 6.45) is 1.45. The molecule has 0 spiro atoms. The lowest BCUT2D eigenvalue weighted by Gasteiger charge is -2.07. The summed E-state index contributed by atoms with van der Waals surface area (Å²) in [7, 11) is 0. The van der Waals surface area contributed by atoms with Crippen LogP contribution in [-0.4, -0.2) is 23.8 Å². The molecule has 22 heavy (non-hydrogen) atoms. The molecule has 0 saturated heterocycles. The zero-order chi connectivity index (χ0) is 15.9. The summed E-state index contributed by atoms with van der Waals surface area (Å²) in [4.78, 5) is 11.6. The van der Waals surface area contributed by atoms with Gasteiger partial charge in [0.1, 0.15) is 11.5 Å². The van der Waals surface area contributed by atoms with Crippen LogP contribution < -0.4 is 10.2 Å². The average Bonchev–Trinajstić information content (AvgIpc) is 2.44. The molecule has 114 valence electrons. The van der Waals surface area contributed by atoms with Gasteiger partial charge in [-0.2, -0.15) is 5.10 Å². The van der Waals surface area contributed by atoms with Crippen molar-refractivity contribution < 1.29 is 14.6 Å². The van der Waals surface area contributed by atoms with E-state index in [0.29, 0.717) is 11.3 Å². The monoisotopic (exact) mass is 298 g/mol. The van der Waals surface area contributed by atoms with E-state index in [1.54, 1.807) is 24.3 Å². The first-order valence-corrected chi connectivity index (χ1v) is 6.85. The smallest absolute Gasteiger partial charge is 0.277 e. The van der Waals surface area contributed by atoms with E-state index in [2.05, 4.69) is 10.5 Å². The molecule has 2 N–H and O–H groups in total. The minimum atomic E-state index is -0.351. The number of carbonyl (C=O) groups is 1. The molecule has 1 amide bonds. The number of phenolic OH excluding ortho intramolecular Hbond substituents is 1. The summed E-state index contributed by atoms with van der Waals surface area (Å²) in [5, 5.41) is 13.1. The number of hydrazone groups is 1. The standard InChI is InChI=1S/C17H18N2O3/c1-12-6-13(2)8-16(7-12)22-11-17(21)19-18-10-14-4-3-5-15(20)9-14/h3-10,20H,11H2,1-2H3,(H,19,21). The molecule has 2 aromatic carbocycles. The molecule has 2 aromatic rings. The minimum Gasteiger partial charge on any atom is -0.508 e. The number of hydrogen-bond donors (Lipinski definition) is 2. The molecular formula is C17H18N2O3. The van der Waals surface area contributed by atoms with Crippen LogP contribution in [-0.2, 0) is 4.79 Å². The molecule has 0 heterocycles. The predicted molar refractivity (Wildman–Crippen MR) is 85.3 cm³/mol. The highest BCUT2D eigenvalue weighted by molar-refractivity contribution is 5.83. The Kier molecular flexibility index (Phi) is 5.14. The van der Waals surface area contributed by atoms with Crippen molar-refractivity contribution in [1.82, 2.24) is 5.43 Å². The number of amides is 1. The first-order valence-electron chi connectivity index (χ1n) is 6.85. The fourth-order valence-corrected chi connectivity index (χ4v) is 1.98. The van der Waals surface area contributed by atoms with Gasteiger partial charge in [-0.3, -0.25) is 4.79 Å². The van der Waals surface area contributed by atoms with E-state index in [0.717, 1.165) is 11.1 Å². The Morgan fingerprint density at radius 1 is 1.23 bits per heavy atom. The number of hydrogen-bond acceptors (Lipinski definition) is 4. The van der Waals surface area contributed by atoms with Crippen LogP contribution in [0.15, 0.2) is 47.6 Å². The van der Waals surface area contributed by atoms with E-state index in [9.17, 15) is 9.90 Å². The van der Waals surface area contributed by atoms with E-state index in [-0.39, 0.29) is 18.3 Å². The Morgan fingerprint density at radius 3 is 2.64 bits per heavy atom. The molecule has 0 aliphatic rings. The molecule has 0 bridgehead atoms. The first-order chi connectivity index (χ1) is 10.5. The minimum absolute atomic E-state index is 0.111. The maximum absolute atomic E-state index is 11.6. The molecule has 0 aliphatic heterocycles. The van der Waals surface area contributed by atoms with E-state index in [1.807, 2.05) is 32.0 Å². The molecule has 0 fully saturated rings. The zero-order valence-corrected chi connectivity index (χ0v) is 12.5. The number of aryl methyl sites for hydroxylation is 2. The maximum Gasteiger partial charge on any atom is 0.277 e. The number of aromatic hydroxyl groups is 1. The van der Waals surface area contributed by atoms with Crippen LogP contribution in [0, 0.1) is 13.8 Å². The van der Waals surface area contributed by atoms with Crippen LogP contribution in [0.3, 0.4) is 0 Å². The van der Waals surface area contributed by atoms with Crippen molar-refractivity contribution in [3.05, 3.63) is 59.2 Å². The van der Waals surface area contributed by atoms with Gasteiger partial charge in [0.15, 0.2) is 6.61 Å². The number of nitrogens with one attached hydrogen (secondary N) is 1.